The molecule has 0 aliphatic carbocycles. The van der Waals surface area contributed by atoms with Crippen molar-refractivity contribution in [3.8, 4) is 0 Å². The zero-order valence-corrected chi connectivity index (χ0v) is 16.3. The zero-order chi connectivity index (χ0) is 17.7. The van der Waals surface area contributed by atoms with Gasteiger partial charge in [-0.1, -0.05) is 0 Å². The fourth-order valence-corrected chi connectivity index (χ4v) is 3.41. The molecule has 0 amide bonds. The molecule has 0 aliphatic rings. The summed E-state index contributed by atoms with van der Waals surface area (Å²) in [5.41, 5.74) is 4.54. The van der Waals surface area contributed by atoms with Crippen molar-refractivity contribution in [1.82, 2.24) is 25.4 Å². The molecular weight excluding hydrogens is 320 g/mol. The Hall–Kier alpha value is -1.89. The quantitative estimate of drug-likeness (QED) is 0.621. The molecule has 2 N–H and O–H groups in total. The number of rotatable bonds is 6. The third-order valence-electron chi connectivity index (χ3n) is 4.10. The van der Waals surface area contributed by atoms with Gasteiger partial charge in [-0.15, -0.1) is 11.3 Å². The van der Waals surface area contributed by atoms with Gasteiger partial charge in [-0.3, -0.25) is 4.68 Å². The van der Waals surface area contributed by atoms with Crippen molar-refractivity contribution in [1.29, 1.82) is 0 Å². The van der Waals surface area contributed by atoms with E-state index in [0.717, 1.165) is 36.9 Å². The largest absolute Gasteiger partial charge is 0.357 e. The first-order valence-corrected chi connectivity index (χ1v) is 9.18. The van der Waals surface area contributed by atoms with Crippen molar-refractivity contribution >= 4 is 17.3 Å². The van der Waals surface area contributed by atoms with E-state index < -0.39 is 0 Å². The minimum Gasteiger partial charge on any atom is -0.357 e. The minimum atomic E-state index is 0.635. The third kappa shape index (κ3) is 4.56. The Morgan fingerprint density at radius 3 is 2.46 bits per heavy atom. The molecule has 0 spiro atoms. The van der Waals surface area contributed by atoms with Crippen LogP contribution < -0.4 is 10.6 Å². The number of aromatic nitrogens is 3. The molecule has 0 saturated carbocycles. The highest BCUT2D eigenvalue weighted by Crippen LogP contribution is 2.16. The maximum Gasteiger partial charge on any atom is 0.191 e. The highest BCUT2D eigenvalue weighted by atomic mass is 32.1. The summed E-state index contributed by atoms with van der Waals surface area (Å²) in [5, 5.41) is 12.3. The van der Waals surface area contributed by atoms with Crippen molar-refractivity contribution in [3.05, 3.63) is 32.5 Å². The first kappa shape index (κ1) is 18.4. The average Bonchev–Trinajstić information content (AvgIpc) is 2.96. The molecule has 132 valence electrons. The van der Waals surface area contributed by atoms with E-state index in [2.05, 4.69) is 48.4 Å². The van der Waals surface area contributed by atoms with Crippen molar-refractivity contribution in [3.63, 3.8) is 0 Å². The topological polar surface area (TPSA) is 67.1 Å². The zero-order valence-electron chi connectivity index (χ0n) is 15.5. The molecule has 2 aromatic heterocycles. The van der Waals surface area contributed by atoms with Gasteiger partial charge in [0.2, 0.25) is 0 Å². The summed E-state index contributed by atoms with van der Waals surface area (Å²) in [5.74, 6) is 0.838. The summed E-state index contributed by atoms with van der Waals surface area (Å²) in [4.78, 5) is 10.6. The second-order valence-electron chi connectivity index (χ2n) is 5.89. The fourth-order valence-electron chi connectivity index (χ4n) is 2.48. The molecule has 0 saturated heterocycles. The van der Waals surface area contributed by atoms with E-state index in [1.165, 1.54) is 21.1 Å². The fraction of sp³-hybridized carbons (Fsp3) is 0.588. The van der Waals surface area contributed by atoms with Crippen LogP contribution in [-0.4, -0.2) is 33.8 Å². The lowest BCUT2D eigenvalue weighted by molar-refractivity contribution is 0.730. The lowest BCUT2D eigenvalue weighted by Gasteiger charge is -2.10. The predicted molar refractivity (Wildman–Crippen MR) is 101 cm³/mol. The van der Waals surface area contributed by atoms with Crippen LogP contribution in [0.15, 0.2) is 4.99 Å². The number of aryl methyl sites for hydroxylation is 4. The van der Waals surface area contributed by atoms with E-state index in [1.807, 2.05) is 18.7 Å². The van der Waals surface area contributed by atoms with Gasteiger partial charge >= 0.3 is 0 Å². The number of hydrogen-bond acceptors (Lipinski definition) is 4. The van der Waals surface area contributed by atoms with Crippen molar-refractivity contribution in [2.45, 2.75) is 47.6 Å². The van der Waals surface area contributed by atoms with E-state index in [9.17, 15) is 0 Å². The second-order valence-corrected chi connectivity index (χ2v) is 7.18. The molecule has 2 heterocycles. The molecule has 0 bridgehead atoms. The maximum absolute atomic E-state index is 4.70. The Morgan fingerprint density at radius 2 is 1.92 bits per heavy atom. The molecule has 2 rings (SSSR count). The second kappa shape index (κ2) is 8.28. The Balaban J connectivity index is 1.95. The molecule has 0 aromatic carbocycles. The third-order valence-corrected chi connectivity index (χ3v) is 5.24. The Kier molecular flexibility index (Phi) is 6.36. The Bertz CT molecular complexity index is 693. The van der Waals surface area contributed by atoms with Gasteiger partial charge in [0.15, 0.2) is 5.96 Å². The predicted octanol–water partition coefficient (Wildman–Crippen LogP) is 2.41. The number of nitrogens with zero attached hydrogens (tertiary/aromatic N) is 4. The normalized spacial score (nSPS) is 11.8. The van der Waals surface area contributed by atoms with Gasteiger partial charge < -0.3 is 10.6 Å². The number of guanidine groups is 1. The van der Waals surface area contributed by atoms with Gasteiger partial charge in [0.25, 0.3) is 0 Å². The monoisotopic (exact) mass is 348 g/mol. The molecule has 24 heavy (non-hydrogen) atoms. The molecule has 0 atom stereocenters. The maximum atomic E-state index is 4.70. The number of aliphatic imine (C=N–C) groups is 1. The summed E-state index contributed by atoms with van der Waals surface area (Å²) in [6.45, 7) is 12.7. The molecule has 7 heteroatoms. The van der Waals surface area contributed by atoms with E-state index in [4.69, 9.17) is 4.99 Å². The SMILES string of the molecule is CCNC(=NCc1c(C)nn(C)c1C)NCCc1nc(C)c(C)s1. The van der Waals surface area contributed by atoms with Crippen molar-refractivity contribution in [2.75, 3.05) is 13.1 Å². The van der Waals surface area contributed by atoms with Crippen LogP contribution in [0.1, 0.15) is 39.5 Å². The van der Waals surface area contributed by atoms with E-state index in [-0.39, 0.29) is 0 Å². The lowest BCUT2D eigenvalue weighted by atomic mass is 10.2. The minimum absolute atomic E-state index is 0.635. The van der Waals surface area contributed by atoms with Crippen LogP contribution in [-0.2, 0) is 20.0 Å². The highest BCUT2D eigenvalue weighted by Gasteiger charge is 2.09. The Morgan fingerprint density at radius 1 is 1.17 bits per heavy atom. The number of hydrogen-bond donors (Lipinski definition) is 2. The van der Waals surface area contributed by atoms with Gasteiger partial charge in [0.05, 0.1) is 22.9 Å². The summed E-state index contributed by atoms with van der Waals surface area (Å²) in [7, 11) is 1.97. The van der Waals surface area contributed by atoms with Crippen LogP contribution in [0.2, 0.25) is 0 Å². The van der Waals surface area contributed by atoms with Crippen LogP contribution >= 0.6 is 11.3 Å². The van der Waals surface area contributed by atoms with Crippen LogP contribution in [0.4, 0.5) is 0 Å². The molecule has 0 radical (unpaired) electrons. The summed E-state index contributed by atoms with van der Waals surface area (Å²) in [6, 6.07) is 0. The standard InChI is InChI=1S/C17H28N6S/c1-7-18-17(19-9-8-16-21-11(2)14(5)24-16)20-10-15-12(3)22-23(6)13(15)4/h7-10H2,1-6H3,(H2,18,19,20). The first-order valence-electron chi connectivity index (χ1n) is 8.36. The average molecular weight is 349 g/mol. The van der Waals surface area contributed by atoms with Crippen molar-refractivity contribution < 1.29 is 0 Å². The van der Waals surface area contributed by atoms with Gasteiger partial charge in [-0.25, -0.2) is 9.98 Å². The van der Waals surface area contributed by atoms with E-state index in [0.29, 0.717) is 6.54 Å². The summed E-state index contributed by atoms with van der Waals surface area (Å²) >= 11 is 1.77. The molecular formula is C17H28N6S. The van der Waals surface area contributed by atoms with Gasteiger partial charge in [-0.05, 0) is 34.6 Å². The number of thiazole rings is 1. The van der Waals surface area contributed by atoms with Crippen LogP contribution in [0.5, 0.6) is 0 Å². The summed E-state index contributed by atoms with van der Waals surface area (Å²) in [6.07, 6.45) is 0.911. The first-order chi connectivity index (χ1) is 11.4. The Labute approximate surface area is 148 Å². The molecule has 6 nitrogen and oxygen atoms in total. The van der Waals surface area contributed by atoms with Crippen LogP contribution in [0.25, 0.3) is 0 Å². The van der Waals surface area contributed by atoms with Crippen LogP contribution in [0.3, 0.4) is 0 Å². The molecule has 0 aliphatic heterocycles. The van der Waals surface area contributed by atoms with E-state index >= 15 is 0 Å². The van der Waals surface area contributed by atoms with Crippen LogP contribution in [0, 0.1) is 27.7 Å². The molecule has 2 aromatic rings. The van der Waals surface area contributed by atoms with Crippen molar-refractivity contribution in [2.24, 2.45) is 12.0 Å². The van der Waals surface area contributed by atoms with Gasteiger partial charge in [0, 0.05) is 42.7 Å². The van der Waals surface area contributed by atoms with Gasteiger partial charge in [0.1, 0.15) is 0 Å². The van der Waals surface area contributed by atoms with E-state index in [1.54, 1.807) is 11.3 Å². The lowest BCUT2D eigenvalue weighted by Crippen LogP contribution is -2.38. The molecule has 0 fully saturated rings. The highest BCUT2D eigenvalue weighted by molar-refractivity contribution is 7.11. The molecule has 0 unspecified atom stereocenters. The smallest absolute Gasteiger partial charge is 0.191 e. The summed E-state index contributed by atoms with van der Waals surface area (Å²) < 4.78 is 1.91. The van der Waals surface area contributed by atoms with Gasteiger partial charge in [-0.2, -0.15) is 5.10 Å². The number of nitrogens with one attached hydrogen (secondary N) is 2.